The first-order chi connectivity index (χ1) is 14.1. The van der Waals surface area contributed by atoms with Gasteiger partial charge in [-0.3, -0.25) is 4.79 Å². The summed E-state index contributed by atoms with van der Waals surface area (Å²) in [6, 6.07) is 2.48. The molecule has 5 rings (SSSR count). The summed E-state index contributed by atoms with van der Waals surface area (Å²) in [5.41, 5.74) is 2.94. The minimum atomic E-state index is -0.244. The van der Waals surface area contributed by atoms with E-state index in [4.69, 9.17) is 4.74 Å². The van der Waals surface area contributed by atoms with Crippen molar-refractivity contribution in [1.82, 2.24) is 10.6 Å². The molecule has 4 nitrogen and oxygen atoms in total. The number of carbonyl (C=O) groups is 1. The predicted molar refractivity (Wildman–Crippen MR) is 126 cm³/mol. The molecule has 0 aromatic heterocycles. The summed E-state index contributed by atoms with van der Waals surface area (Å²) in [6.07, 6.45) is 4.41. The van der Waals surface area contributed by atoms with Crippen LogP contribution in [0.5, 0.6) is 5.75 Å². The molecule has 4 aliphatic rings. The van der Waals surface area contributed by atoms with E-state index in [1.54, 1.807) is 0 Å². The Morgan fingerprint density at radius 2 is 2.00 bits per heavy atom. The van der Waals surface area contributed by atoms with E-state index in [2.05, 4.69) is 83.3 Å². The first kappa shape index (κ1) is 21.3. The number of nitrogens with one attached hydrogen (secondary N) is 2. The molecule has 2 unspecified atom stereocenters. The van der Waals surface area contributed by atoms with Crippen molar-refractivity contribution in [2.75, 3.05) is 7.05 Å². The second kappa shape index (κ2) is 6.71. The Morgan fingerprint density at radius 1 is 1.27 bits per heavy atom. The van der Waals surface area contributed by atoms with Gasteiger partial charge in [0.2, 0.25) is 0 Å². The average molecular weight is 540 g/mol. The second-order valence-electron chi connectivity index (χ2n) is 10.8. The minimum Gasteiger partial charge on any atom is -0.486 e. The number of alkyl halides is 1. The van der Waals surface area contributed by atoms with Crippen LogP contribution in [0.1, 0.15) is 68.4 Å². The van der Waals surface area contributed by atoms with Gasteiger partial charge in [-0.2, -0.15) is 0 Å². The quantitative estimate of drug-likeness (QED) is 0.482. The standard InChI is InChI=1S/C24H32Br2N2O2/c1-12-6-7-17-22(2,3)20(26)16(27-5)10-24(17)23(12,4)9-13-8-15(25)18-14(19(13)30-24)11-28-21(18)29/h8,12,16-17,20,27H,6-7,9-11H2,1-5H3,(H,28,29)/t12-,16?,17-,20?,23+,24-/m0/s1. The monoisotopic (exact) mass is 538 g/mol. The fraction of sp³-hybridized carbons (Fsp3) is 0.708. The van der Waals surface area contributed by atoms with Gasteiger partial charge in [0.1, 0.15) is 11.4 Å². The second-order valence-corrected chi connectivity index (χ2v) is 12.7. The Morgan fingerprint density at radius 3 is 2.70 bits per heavy atom. The zero-order chi connectivity index (χ0) is 21.6. The number of ether oxygens (including phenoxy) is 1. The Balaban J connectivity index is 1.74. The van der Waals surface area contributed by atoms with Crippen molar-refractivity contribution in [2.24, 2.45) is 22.7 Å². The highest BCUT2D eigenvalue weighted by Gasteiger charge is 2.69. The molecule has 2 heterocycles. The average Bonchev–Trinajstić information content (AvgIpc) is 3.07. The minimum absolute atomic E-state index is 0.000250. The van der Waals surface area contributed by atoms with Crippen LogP contribution in [0.25, 0.3) is 0 Å². The molecular formula is C24H32Br2N2O2. The van der Waals surface area contributed by atoms with E-state index in [1.165, 1.54) is 18.4 Å². The van der Waals surface area contributed by atoms with Crippen molar-refractivity contribution in [1.29, 1.82) is 0 Å². The van der Waals surface area contributed by atoms with Crippen LogP contribution in [0, 0.1) is 22.7 Å². The molecule has 1 aromatic carbocycles. The molecule has 2 aliphatic heterocycles. The molecule has 2 aliphatic carbocycles. The van der Waals surface area contributed by atoms with Gasteiger partial charge in [-0.25, -0.2) is 0 Å². The van der Waals surface area contributed by atoms with Crippen molar-refractivity contribution in [2.45, 2.75) is 76.4 Å². The van der Waals surface area contributed by atoms with Gasteiger partial charge in [-0.05, 0) is 65.2 Å². The van der Waals surface area contributed by atoms with Crippen molar-refractivity contribution in [3.8, 4) is 5.75 Å². The smallest absolute Gasteiger partial charge is 0.253 e. The number of benzene rings is 1. The molecule has 1 aromatic rings. The molecule has 2 N–H and O–H groups in total. The normalized spacial score (nSPS) is 41.1. The molecule has 1 amide bonds. The maximum absolute atomic E-state index is 12.5. The van der Waals surface area contributed by atoms with E-state index < -0.39 is 0 Å². The van der Waals surface area contributed by atoms with Crippen molar-refractivity contribution >= 4 is 37.8 Å². The van der Waals surface area contributed by atoms with E-state index >= 15 is 0 Å². The number of fused-ring (bicyclic) bond motifs is 3. The van der Waals surface area contributed by atoms with Crippen LogP contribution in [0.3, 0.4) is 0 Å². The number of hydrogen-bond donors (Lipinski definition) is 2. The number of amides is 1. The first-order valence-corrected chi connectivity index (χ1v) is 12.9. The Kier molecular flexibility index (Phi) is 4.75. The zero-order valence-electron chi connectivity index (χ0n) is 18.5. The molecule has 2 saturated carbocycles. The molecular weight excluding hydrogens is 508 g/mol. The van der Waals surface area contributed by atoms with Crippen molar-refractivity contribution in [3.05, 3.63) is 27.2 Å². The lowest BCUT2D eigenvalue weighted by molar-refractivity contribution is -0.213. The molecule has 0 radical (unpaired) electrons. The molecule has 6 heteroatoms. The van der Waals surface area contributed by atoms with Gasteiger partial charge >= 0.3 is 0 Å². The molecule has 0 bridgehead atoms. The van der Waals surface area contributed by atoms with Crippen LogP contribution in [0.15, 0.2) is 10.5 Å². The van der Waals surface area contributed by atoms with Crippen LogP contribution in [-0.4, -0.2) is 29.4 Å². The van der Waals surface area contributed by atoms with Gasteiger partial charge < -0.3 is 15.4 Å². The molecule has 30 heavy (non-hydrogen) atoms. The molecule has 1 spiro atoms. The van der Waals surface area contributed by atoms with Crippen molar-refractivity contribution in [3.63, 3.8) is 0 Å². The lowest BCUT2D eigenvalue weighted by Gasteiger charge is -2.68. The SMILES string of the molecule is CNC1C[C@@]23Oc4c(cc(Br)c5c4CNC5=O)C[C@]2(C)[C@@H](C)CC[C@H]3C(C)(C)C1Br. The highest BCUT2D eigenvalue weighted by atomic mass is 79.9. The third-order valence-electron chi connectivity index (χ3n) is 9.26. The summed E-state index contributed by atoms with van der Waals surface area (Å²) >= 11 is 7.73. The largest absolute Gasteiger partial charge is 0.486 e. The molecule has 0 saturated heterocycles. The Labute approximate surface area is 196 Å². The predicted octanol–water partition coefficient (Wildman–Crippen LogP) is 5.20. The van der Waals surface area contributed by atoms with E-state index in [9.17, 15) is 4.79 Å². The highest BCUT2D eigenvalue weighted by Crippen LogP contribution is 2.67. The van der Waals surface area contributed by atoms with Gasteiger partial charge in [0.15, 0.2) is 0 Å². The fourth-order valence-corrected chi connectivity index (χ4v) is 8.79. The third-order valence-corrected chi connectivity index (χ3v) is 11.7. The van der Waals surface area contributed by atoms with Gasteiger partial charge in [0, 0.05) is 45.2 Å². The van der Waals surface area contributed by atoms with E-state index in [1.807, 2.05) is 0 Å². The van der Waals surface area contributed by atoms with Gasteiger partial charge in [0.05, 0.1) is 5.56 Å². The number of rotatable bonds is 1. The van der Waals surface area contributed by atoms with Crippen LogP contribution >= 0.6 is 31.9 Å². The third kappa shape index (κ3) is 2.50. The molecule has 164 valence electrons. The first-order valence-electron chi connectivity index (χ1n) is 11.2. The van der Waals surface area contributed by atoms with Crippen molar-refractivity contribution < 1.29 is 9.53 Å². The fourth-order valence-electron chi connectivity index (χ4n) is 7.32. The Hall–Kier alpha value is -0.590. The van der Waals surface area contributed by atoms with Crippen LogP contribution in [-0.2, 0) is 13.0 Å². The summed E-state index contributed by atoms with van der Waals surface area (Å²) in [6.45, 7) is 10.3. The summed E-state index contributed by atoms with van der Waals surface area (Å²) in [5.74, 6) is 2.01. The van der Waals surface area contributed by atoms with Gasteiger partial charge in [0.25, 0.3) is 5.91 Å². The summed E-state index contributed by atoms with van der Waals surface area (Å²) in [4.78, 5) is 12.9. The molecule has 2 fully saturated rings. The summed E-state index contributed by atoms with van der Waals surface area (Å²) in [7, 11) is 2.07. The lowest BCUT2D eigenvalue weighted by Crippen LogP contribution is -2.73. The molecule has 6 atom stereocenters. The van der Waals surface area contributed by atoms with Crippen LogP contribution in [0.4, 0.5) is 0 Å². The summed E-state index contributed by atoms with van der Waals surface area (Å²) < 4.78 is 8.18. The number of halogens is 2. The topological polar surface area (TPSA) is 50.4 Å². The number of carbonyl (C=O) groups excluding carboxylic acids is 1. The van der Waals surface area contributed by atoms with Crippen LogP contribution in [0.2, 0.25) is 0 Å². The van der Waals surface area contributed by atoms with Gasteiger partial charge in [-0.15, -0.1) is 0 Å². The summed E-state index contributed by atoms with van der Waals surface area (Å²) in [5, 5.41) is 6.60. The van der Waals surface area contributed by atoms with E-state index in [0.29, 0.717) is 29.2 Å². The lowest BCUT2D eigenvalue weighted by atomic mass is 9.43. The maximum Gasteiger partial charge on any atom is 0.253 e. The van der Waals surface area contributed by atoms with E-state index in [-0.39, 0.29) is 22.3 Å². The van der Waals surface area contributed by atoms with Crippen LogP contribution < -0.4 is 15.4 Å². The Bertz CT molecular complexity index is 932. The van der Waals surface area contributed by atoms with E-state index in [0.717, 1.165) is 34.2 Å². The zero-order valence-corrected chi connectivity index (χ0v) is 21.7. The number of hydrogen-bond acceptors (Lipinski definition) is 3. The van der Waals surface area contributed by atoms with Gasteiger partial charge in [-0.1, -0.05) is 43.6 Å². The highest BCUT2D eigenvalue weighted by molar-refractivity contribution is 9.10. The maximum atomic E-state index is 12.5.